The van der Waals surface area contributed by atoms with Crippen LogP contribution < -0.4 is 32.0 Å². The minimum atomic E-state index is -0.171. The predicted molar refractivity (Wildman–Crippen MR) is 263 cm³/mol. The molecule has 0 fully saturated rings. The van der Waals surface area contributed by atoms with Crippen LogP contribution in [0, 0.1) is 0 Å². The maximum absolute atomic E-state index is 10.5. The fraction of sp³-hybridized carbons (Fsp3) is 0.628. The number of hydrogen-bond acceptors (Lipinski definition) is 11. The number of thioether (sulfide) groups is 2. The van der Waals surface area contributed by atoms with Crippen molar-refractivity contribution in [2.24, 2.45) is 22.2 Å². The number of amides is 1. The van der Waals surface area contributed by atoms with Gasteiger partial charge in [0.25, 0.3) is 0 Å². The second-order valence-corrected chi connectivity index (χ2v) is 16.5. The summed E-state index contributed by atoms with van der Waals surface area (Å²) in [6, 6.07) is 19.2. The molecule has 0 saturated carbocycles. The zero-order chi connectivity index (χ0) is 42.3. The summed E-state index contributed by atoms with van der Waals surface area (Å²) in [6.45, 7) is 12.4. The summed E-state index contributed by atoms with van der Waals surface area (Å²) < 4.78 is 12.1. The molecule has 56 heavy (non-hydrogen) atoms. The van der Waals surface area contributed by atoms with Gasteiger partial charge in [-0.25, -0.2) is 0 Å². The van der Waals surface area contributed by atoms with Crippen LogP contribution >= 0.6 is 60.6 Å². The Morgan fingerprint density at radius 2 is 1.09 bits per heavy atom. The molecule has 2 aromatic carbocycles. The monoisotopic (exact) mass is 871 g/mol. The molecule has 13 heteroatoms. The molecule has 0 atom stereocenters. The number of ether oxygens (including phenoxy) is 2. The largest absolute Gasteiger partial charge is 0.440 e. The van der Waals surface area contributed by atoms with Crippen molar-refractivity contribution in [3.8, 4) is 11.5 Å². The Labute approximate surface area is 367 Å². The topological polar surface area (TPSA) is 138 Å². The molecule has 0 aliphatic rings. The SMILES string of the molecule is CCCCCC.CCCCCCN=C(N)NC(C)=O.CCSC(=S)Oc1ccccc1.NCCCCCCS.NCCCCCCSC(=S)Oc1ccccc1. The summed E-state index contributed by atoms with van der Waals surface area (Å²) in [5.41, 5.74) is 16.1. The number of hydrogen-bond donors (Lipinski definition) is 5. The average Bonchev–Trinajstić information content (AvgIpc) is 3.18. The summed E-state index contributed by atoms with van der Waals surface area (Å²) in [5.74, 6) is 4.67. The molecular weight excluding hydrogens is 795 g/mol. The maximum atomic E-state index is 10.5. The number of benzene rings is 2. The number of rotatable bonds is 22. The Morgan fingerprint density at radius 1 is 0.661 bits per heavy atom. The molecule has 322 valence electrons. The van der Waals surface area contributed by atoms with Crippen molar-refractivity contribution in [2.45, 2.75) is 137 Å². The molecule has 2 aromatic rings. The van der Waals surface area contributed by atoms with Gasteiger partial charge in [0.15, 0.2) is 5.96 Å². The van der Waals surface area contributed by atoms with Gasteiger partial charge in [0.2, 0.25) is 14.7 Å². The highest BCUT2D eigenvalue weighted by molar-refractivity contribution is 8.23. The van der Waals surface area contributed by atoms with Gasteiger partial charge in [-0.2, -0.15) is 12.6 Å². The van der Waals surface area contributed by atoms with Crippen LogP contribution in [0.2, 0.25) is 0 Å². The van der Waals surface area contributed by atoms with E-state index in [1.165, 1.54) is 109 Å². The first kappa shape index (κ1) is 58.4. The maximum Gasteiger partial charge on any atom is 0.225 e. The van der Waals surface area contributed by atoms with Crippen LogP contribution in [-0.4, -0.2) is 57.5 Å². The molecular formula is C43H77N5O3S5. The fourth-order valence-corrected chi connectivity index (χ4v) is 6.25. The number of thiocarbonyl (C=S) groups is 2. The summed E-state index contributed by atoms with van der Waals surface area (Å²) in [5, 5.41) is 2.42. The Balaban J connectivity index is -0.000000654. The van der Waals surface area contributed by atoms with Gasteiger partial charge < -0.3 is 26.7 Å². The quantitative estimate of drug-likeness (QED) is 0.0256. The summed E-state index contributed by atoms with van der Waals surface area (Å²) in [7, 11) is 0. The zero-order valence-corrected chi connectivity index (χ0v) is 39.5. The molecule has 0 unspecified atom stereocenters. The van der Waals surface area contributed by atoms with Gasteiger partial charge in [-0.05, 0) is 105 Å². The van der Waals surface area contributed by atoms with E-state index in [-0.39, 0.29) is 11.9 Å². The first-order valence-electron chi connectivity index (χ1n) is 20.5. The fourth-order valence-electron chi connectivity index (χ4n) is 4.17. The first-order chi connectivity index (χ1) is 27.1. The standard InChI is InChI=1S/C13H19NOS2.C9H19N3O.C9H10OS2.C6H15NS.C6H14/c14-10-6-1-2-7-11-17-13(16)15-12-8-4-3-5-9-12;1-3-4-5-6-7-11-9(10)12-8(2)13;1-2-12-9(11)10-8-6-4-3-5-7-8;7-5-3-1-2-4-6-8;1-3-5-6-4-2/h3-5,8-9H,1-2,6-7,10-11,14H2;3-7H2,1-2H3,(H3,10,11,12,13);3-7H,2H2,1H3;8H,1-7H2;3-6H2,1-2H3. The number of unbranched alkanes of at least 4 members (excludes halogenated alkanes) is 12. The van der Waals surface area contributed by atoms with E-state index in [4.69, 9.17) is 51.1 Å². The molecule has 0 spiro atoms. The van der Waals surface area contributed by atoms with E-state index in [1.807, 2.05) is 67.6 Å². The van der Waals surface area contributed by atoms with Gasteiger partial charge in [-0.15, -0.1) is 0 Å². The van der Waals surface area contributed by atoms with Crippen molar-refractivity contribution in [3.63, 3.8) is 0 Å². The van der Waals surface area contributed by atoms with Gasteiger partial charge in [-0.3, -0.25) is 15.1 Å². The van der Waals surface area contributed by atoms with Crippen molar-refractivity contribution in [1.29, 1.82) is 0 Å². The highest BCUT2D eigenvalue weighted by atomic mass is 32.2. The summed E-state index contributed by atoms with van der Waals surface area (Å²) >= 11 is 17.4. The van der Waals surface area contributed by atoms with E-state index in [1.54, 1.807) is 11.8 Å². The van der Waals surface area contributed by atoms with Crippen LogP contribution in [-0.2, 0) is 4.79 Å². The third-order valence-corrected chi connectivity index (χ3v) is 9.75. The van der Waals surface area contributed by atoms with Crippen LogP contribution in [0.1, 0.15) is 137 Å². The molecule has 0 aromatic heterocycles. The normalized spacial score (nSPS) is 10.1. The smallest absolute Gasteiger partial charge is 0.225 e. The number of aliphatic imine (C=N–C) groups is 1. The Bertz CT molecular complexity index is 1160. The van der Waals surface area contributed by atoms with Crippen LogP contribution in [0.4, 0.5) is 0 Å². The van der Waals surface area contributed by atoms with Crippen molar-refractivity contribution in [2.75, 3.05) is 36.9 Å². The van der Waals surface area contributed by atoms with Gasteiger partial charge in [0.05, 0.1) is 0 Å². The Kier molecular flexibility index (Phi) is 51.4. The molecule has 2 rings (SSSR count). The average molecular weight is 872 g/mol. The molecule has 0 radical (unpaired) electrons. The van der Waals surface area contributed by atoms with Crippen LogP contribution in [0.15, 0.2) is 65.7 Å². The molecule has 8 nitrogen and oxygen atoms in total. The number of nitrogens with one attached hydrogen (secondary N) is 1. The van der Waals surface area contributed by atoms with E-state index in [9.17, 15) is 4.79 Å². The van der Waals surface area contributed by atoms with Gasteiger partial charge in [0.1, 0.15) is 11.5 Å². The number of nitrogens with two attached hydrogens (primary N) is 3. The number of thiol groups is 1. The molecule has 0 saturated heterocycles. The Hall–Kier alpha value is -1.87. The highest BCUT2D eigenvalue weighted by Gasteiger charge is 2.01. The lowest BCUT2D eigenvalue weighted by Crippen LogP contribution is -2.35. The lowest BCUT2D eigenvalue weighted by atomic mass is 10.2. The molecule has 0 aliphatic heterocycles. The molecule has 7 N–H and O–H groups in total. The second kappa shape index (κ2) is 49.3. The van der Waals surface area contributed by atoms with E-state index in [2.05, 4.69) is 43.7 Å². The highest BCUT2D eigenvalue weighted by Crippen LogP contribution is 2.16. The second-order valence-electron chi connectivity index (χ2n) is 12.5. The van der Waals surface area contributed by atoms with Crippen LogP contribution in [0.25, 0.3) is 0 Å². The summed E-state index contributed by atoms with van der Waals surface area (Å²) in [4.78, 5) is 14.5. The molecule has 0 aliphatic carbocycles. The first-order valence-corrected chi connectivity index (χ1v) is 23.9. The Morgan fingerprint density at radius 3 is 1.52 bits per heavy atom. The van der Waals surface area contributed by atoms with Crippen molar-refractivity contribution in [1.82, 2.24) is 5.32 Å². The number of carbonyl (C=O) groups is 1. The van der Waals surface area contributed by atoms with E-state index in [0.717, 1.165) is 54.7 Å². The number of carbonyl (C=O) groups excluding carboxylic acids is 1. The number of guanidine groups is 1. The molecule has 0 bridgehead atoms. The van der Waals surface area contributed by atoms with Crippen molar-refractivity contribution >= 4 is 81.2 Å². The van der Waals surface area contributed by atoms with E-state index >= 15 is 0 Å². The minimum absolute atomic E-state index is 0.171. The lowest BCUT2D eigenvalue weighted by molar-refractivity contribution is -0.117. The minimum Gasteiger partial charge on any atom is -0.440 e. The van der Waals surface area contributed by atoms with Gasteiger partial charge in [-0.1, -0.05) is 158 Å². The van der Waals surface area contributed by atoms with E-state index < -0.39 is 0 Å². The summed E-state index contributed by atoms with van der Waals surface area (Å²) in [6.07, 6.45) is 19.9. The van der Waals surface area contributed by atoms with Crippen LogP contribution in [0.5, 0.6) is 11.5 Å². The zero-order valence-electron chi connectivity index (χ0n) is 35.3. The van der Waals surface area contributed by atoms with Crippen LogP contribution in [0.3, 0.4) is 0 Å². The number of para-hydroxylation sites is 2. The molecule has 0 heterocycles. The van der Waals surface area contributed by atoms with Crippen molar-refractivity contribution in [3.05, 3.63) is 60.7 Å². The number of nitrogens with zero attached hydrogens (tertiary/aromatic N) is 1. The lowest BCUT2D eigenvalue weighted by Gasteiger charge is -2.05. The van der Waals surface area contributed by atoms with E-state index in [0.29, 0.717) is 15.3 Å². The third kappa shape index (κ3) is 50.1. The molecule has 1 amide bonds. The van der Waals surface area contributed by atoms with Gasteiger partial charge in [0, 0.05) is 19.2 Å². The third-order valence-electron chi connectivity index (χ3n) is 7.14. The van der Waals surface area contributed by atoms with Gasteiger partial charge >= 0.3 is 0 Å². The predicted octanol–water partition coefficient (Wildman–Crippen LogP) is 11.7. The van der Waals surface area contributed by atoms with Crippen molar-refractivity contribution < 1.29 is 14.3 Å².